The van der Waals surface area contributed by atoms with E-state index in [-0.39, 0.29) is 6.54 Å². The van der Waals surface area contributed by atoms with Gasteiger partial charge >= 0.3 is 0 Å². The molecule has 2 aromatic rings. The molecule has 0 fully saturated rings. The van der Waals surface area contributed by atoms with Crippen LogP contribution < -0.4 is 4.72 Å². The van der Waals surface area contributed by atoms with E-state index < -0.39 is 10.0 Å². The molecule has 0 amide bonds. The van der Waals surface area contributed by atoms with E-state index in [2.05, 4.69) is 11.6 Å². The smallest absolute Gasteiger partial charge is 0.240 e. The molecule has 1 aromatic carbocycles. The molecule has 4 nitrogen and oxygen atoms in total. The van der Waals surface area contributed by atoms with Crippen molar-refractivity contribution in [1.29, 1.82) is 0 Å². The van der Waals surface area contributed by atoms with E-state index in [0.29, 0.717) is 4.90 Å². The molecule has 114 valence electrons. The van der Waals surface area contributed by atoms with Crippen LogP contribution in [0.3, 0.4) is 0 Å². The average molecular weight is 307 g/mol. The molecular formula is C16H21NO3S. The van der Waals surface area contributed by atoms with Crippen molar-refractivity contribution in [3.63, 3.8) is 0 Å². The summed E-state index contributed by atoms with van der Waals surface area (Å²) in [6, 6.07) is 8.89. The van der Waals surface area contributed by atoms with Crippen LogP contribution >= 0.6 is 0 Å². The van der Waals surface area contributed by atoms with Crippen LogP contribution in [0.5, 0.6) is 0 Å². The summed E-state index contributed by atoms with van der Waals surface area (Å²) in [7, 11) is -3.49. The van der Waals surface area contributed by atoms with Gasteiger partial charge in [0.05, 0.1) is 4.90 Å². The Morgan fingerprint density at radius 1 is 1.14 bits per heavy atom. The van der Waals surface area contributed by atoms with Crippen molar-refractivity contribution >= 4 is 10.0 Å². The van der Waals surface area contributed by atoms with Gasteiger partial charge in [0.15, 0.2) is 0 Å². The van der Waals surface area contributed by atoms with Crippen molar-refractivity contribution in [3.8, 4) is 0 Å². The molecular weight excluding hydrogens is 286 g/mol. The number of benzene rings is 1. The van der Waals surface area contributed by atoms with E-state index in [9.17, 15) is 8.42 Å². The highest BCUT2D eigenvalue weighted by atomic mass is 32.2. The molecule has 0 aliphatic heterocycles. The first-order chi connectivity index (χ1) is 9.92. The van der Waals surface area contributed by atoms with Gasteiger partial charge in [-0.3, -0.25) is 0 Å². The summed E-state index contributed by atoms with van der Waals surface area (Å²) in [6.07, 6.45) is 2.00. The Kier molecular flexibility index (Phi) is 4.85. The van der Waals surface area contributed by atoms with Gasteiger partial charge in [-0.05, 0) is 44.0 Å². The molecule has 1 heterocycles. The van der Waals surface area contributed by atoms with Gasteiger partial charge in [0.25, 0.3) is 0 Å². The first kappa shape index (κ1) is 15.8. The summed E-state index contributed by atoms with van der Waals surface area (Å²) in [5.41, 5.74) is 2.01. The highest BCUT2D eigenvalue weighted by Crippen LogP contribution is 2.16. The third kappa shape index (κ3) is 3.95. The van der Waals surface area contributed by atoms with Gasteiger partial charge < -0.3 is 4.42 Å². The fourth-order valence-corrected chi connectivity index (χ4v) is 3.25. The lowest BCUT2D eigenvalue weighted by atomic mass is 10.1. The minimum atomic E-state index is -3.49. The first-order valence-corrected chi connectivity index (χ1v) is 8.55. The summed E-state index contributed by atoms with van der Waals surface area (Å²) in [5.74, 6) is 1.53. The number of nitrogens with one attached hydrogen (secondary N) is 1. The molecule has 1 aromatic heterocycles. The summed E-state index contributed by atoms with van der Waals surface area (Å²) in [6.45, 7) is 6.01. The first-order valence-electron chi connectivity index (χ1n) is 7.07. The Bertz CT molecular complexity index is 700. The van der Waals surface area contributed by atoms with E-state index >= 15 is 0 Å². The highest BCUT2D eigenvalue weighted by molar-refractivity contribution is 7.89. The Hall–Kier alpha value is -1.59. The van der Waals surface area contributed by atoms with Gasteiger partial charge in [0.2, 0.25) is 10.0 Å². The highest BCUT2D eigenvalue weighted by Gasteiger charge is 2.15. The Balaban J connectivity index is 2.09. The van der Waals surface area contributed by atoms with E-state index in [1.54, 1.807) is 12.1 Å². The molecule has 21 heavy (non-hydrogen) atoms. The maximum atomic E-state index is 12.3. The molecule has 0 saturated heterocycles. The van der Waals surface area contributed by atoms with Crippen LogP contribution in [0.25, 0.3) is 0 Å². The lowest BCUT2D eigenvalue weighted by Crippen LogP contribution is -2.23. The SMILES string of the molecule is CCCc1ccc(S(=O)(=O)NCc2cc(C)oc2C)cc1. The molecule has 0 saturated carbocycles. The largest absolute Gasteiger partial charge is 0.466 e. The van der Waals surface area contributed by atoms with E-state index in [4.69, 9.17) is 4.42 Å². The normalized spacial score (nSPS) is 11.8. The topological polar surface area (TPSA) is 59.3 Å². The van der Waals surface area contributed by atoms with E-state index in [1.165, 1.54) is 0 Å². The van der Waals surface area contributed by atoms with Crippen LogP contribution in [0.1, 0.15) is 36.0 Å². The van der Waals surface area contributed by atoms with Gasteiger partial charge in [-0.2, -0.15) is 0 Å². The molecule has 0 aliphatic carbocycles. The summed E-state index contributed by atoms with van der Waals surface area (Å²) in [5, 5.41) is 0. The van der Waals surface area contributed by atoms with Gasteiger partial charge in [-0.1, -0.05) is 25.5 Å². The molecule has 0 atom stereocenters. The maximum Gasteiger partial charge on any atom is 0.240 e. The zero-order chi connectivity index (χ0) is 15.5. The Morgan fingerprint density at radius 3 is 2.33 bits per heavy atom. The van der Waals surface area contributed by atoms with Crippen LogP contribution in [-0.4, -0.2) is 8.42 Å². The molecule has 0 bridgehead atoms. The molecule has 1 N–H and O–H groups in total. The van der Waals surface area contributed by atoms with Crippen molar-refractivity contribution in [2.45, 2.75) is 45.1 Å². The van der Waals surface area contributed by atoms with E-state index in [1.807, 2.05) is 32.0 Å². The second kappa shape index (κ2) is 6.45. The van der Waals surface area contributed by atoms with Gasteiger partial charge in [-0.25, -0.2) is 13.1 Å². The minimum absolute atomic E-state index is 0.238. The van der Waals surface area contributed by atoms with Crippen molar-refractivity contribution in [2.75, 3.05) is 0 Å². The maximum absolute atomic E-state index is 12.3. The lowest BCUT2D eigenvalue weighted by molar-refractivity contribution is 0.500. The van der Waals surface area contributed by atoms with Crippen molar-refractivity contribution < 1.29 is 12.8 Å². The number of sulfonamides is 1. The Labute approximate surface area is 126 Å². The fourth-order valence-electron chi connectivity index (χ4n) is 2.24. The fraction of sp³-hybridized carbons (Fsp3) is 0.375. The summed E-state index contributed by atoms with van der Waals surface area (Å²) < 4.78 is 32.5. The van der Waals surface area contributed by atoms with Gasteiger partial charge in [0.1, 0.15) is 11.5 Å². The molecule has 0 unspecified atom stereocenters. The zero-order valence-corrected chi connectivity index (χ0v) is 13.5. The van der Waals surface area contributed by atoms with Crippen molar-refractivity contribution in [1.82, 2.24) is 4.72 Å². The second-order valence-corrected chi connectivity index (χ2v) is 6.92. The van der Waals surface area contributed by atoms with E-state index in [0.717, 1.165) is 35.5 Å². The molecule has 5 heteroatoms. The quantitative estimate of drug-likeness (QED) is 0.890. The molecule has 0 aliphatic rings. The van der Waals surface area contributed by atoms with Crippen LogP contribution in [0.4, 0.5) is 0 Å². The number of rotatable bonds is 6. The third-order valence-electron chi connectivity index (χ3n) is 3.37. The molecule has 2 rings (SSSR count). The monoisotopic (exact) mass is 307 g/mol. The predicted octanol–water partition coefficient (Wildman–Crippen LogP) is 3.33. The molecule has 0 spiro atoms. The number of aryl methyl sites for hydroxylation is 3. The zero-order valence-electron chi connectivity index (χ0n) is 12.6. The van der Waals surface area contributed by atoms with Crippen LogP contribution in [-0.2, 0) is 23.0 Å². The minimum Gasteiger partial charge on any atom is -0.466 e. The number of furan rings is 1. The predicted molar refractivity (Wildman–Crippen MR) is 82.6 cm³/mol. The standard InChI is InChI=1S/C16H21NO3S/c1-4-5-14-6-8-16(9-7-14)21(18,19)17-11-15-10-12(2)20-13(15)3/h6-10,17H,4-5,11H2,1-3H3. The average Bonchev–Trinajstić information content (AvgIpc) is 2.76. The third-order valence-corrected chi connectivity index (χ3v) is 4.79. The summed E-state index contributed by atoms with van der Waals surface area (Å²) in [4.78, 5) is 0.292. The van der Waals surface area contributed by atoms with Crippen LogP contribution in [0.15, 0.2) is 39.6 Å². The number of hydrogen-bond donors (Lipinski definition) is 1. The lowest BCUT2D eigenvalue weighted by Gasteiger charge is -2.07. The second-order valence-electron chi connectivity index (χ2n) is 5.16. The van der Waals surface area contributed by atoms with Crippen molar-refractivity contribution in [2.24, 2.45) is 0 Å². The molecule has 0 radical (unpaired) electrons. The summed E-state index contributed by atoms with van der Waals surface area (Å²) >= 11 is 0. The Morgan fingerprint density at radius 2 is 1.81 bits per heavy atom. The van der Waals surface area contributed by atoms with Crippen LogP contribution in [0.2, 0.25) is 0 Å². The van der Waals surface area contributed by atoms with Crippen LogP contribution in [0, 0.1) is 13.8 Å². The van der Waals surface area contributed by atoms with Gasteiger partial charge in [-0.15, -0.1) is 0 Å². The van der Waals surface area contributed by atoms with Crippen molar-refractivity contribution in [3.05, 3.63) is 53.0 Å². The number of hydrogen-bond acceptors (Lipinski definition) is 3. The van der Waals surface area contributed by atoms with Gasteiger partial charge in [0, 0.05) is 12.1 Å².